The molecule has 2 aromatic heterocycles. The molecule has 0 aliphatic carbocycles. The van der Waals surface area contributed by atoms with Crippen LogP contribution >= 0.6 is 12.2 Å². The Morgan fingerprint density at radius 1 is 1.05 bits per heavy atom. The summed E-state index contributed by atoms with van der Waals surface area (Å²) >= 11 is 5.52. The lowest BCUT2D eigenvalue weighted by Gasteiger charge is -2.34. The predicted molar refractivity (Wildman–Crippen MR) is 124 cm³/mol. The van der Waals surface area contributed by atoms with E-state index in [0.29, 0.717) is 11.8 Å². The van der Waals surface area contributed by atoms with Gasteiger partial charge in [-0.1, -0.05) is 6.07 Å². The van der Waals surface area contributed by atoms with Gasteiger partial charge in [0.15, 0.2) is 6.61 Å². The zero-order chi connectivity index (χ0) is 27.7. The van der Waals surface area contributed by atoms with Crippen LogP contribution in [-0.4, -0.2) is 53.2 Å². The van der Waals surface area contributed by atoms with Gasteiger partial charge in [-0.15, -0.1) is 0 Å². The highest BCUT2D eigenvalue weighted by molar-refractivity contribution is 7.71. The van der Waals surface area contributed by atoms with Crippen LogP contribution in [0.15, 0.2) is 61.4 Å². The normalized spacial score (nSPS) is 14.4. The standard InChI is InChI=1S/C23H20F6N6O2S/c1-14(22(36,9-33-12-30-11-31-33)18-7-2-15(24)8-19(18)25)35-21(38)34(13-32-35)16-3-5-17(6-4-16)37-10-23(28,29)20(26)27/h2-8,11-14,20,36H,9-10H2,1H3. The zero-order valence-electron chi connectivity index (χ0n) is 19.6. The van der Waals surface area contributed by atoms with Crippen molar-refractivity contribution in [1.29, 1.82) is 0 Å². The number of rotatable bonds is 10. The third kappa shape index (κ3) is 5.43. The fourth-order valence-corrected chi connectivity index (χ4v) is 4.11. The number of hydrogen-bond donors (Lipinski definition) is 1. The van der Waals surface area contributed by atoms with Crippen LogP contribution < -0.4 is 4.74 Å². The minimum Gasteiger partial charge on any atom is -0.487 e. The van der Waals surface area contributed by atoms with E-state index in [1.54, 1.807) is 0 Å². The van der Waals surface area contributed by atoms with Crippen LogP contribution in [0.1, 0.15) is 18.5 Å². The van der Waals surface area contributed by atoms with Crippen molar-refractivity contribution in [2.75, 3.05) is 6.61 Å². The number of nitrogens with zero attached hydrogens (tertiary/aromatic N) is 6. The molecule has 0 aliphatic rings. The van der Waals surface area contributed by atoms with E-state index >= 15 is 0 Å². The quantitative estimate of drug-likeness (QED) is 0.225. The first kappa shape index (κ1) is 27.3. The lowest BCUT2D eigenvalue weighted by atomic mass is 9.86. The van der Waals surface area contributed by atoms with Crippen molar-refractivity contribution in [3.63, 3.8) is 0 Å². The molecule has 202 valence electrons. The molecule has 0 fully saturated rings. The molecule has 0 saturated heterocycles. The lowest BCUT2D eigenvalue weighted by Crippen LogP contribution is -2.41. The molecular formula is C23H20F6N6O2S. The van der Waals surface area contributed by atoms with Gasteiger partial charge in [-0.05, 0) is 49.5 Å². The summed E-state index contributed by atoms with van der Waals surface area (Å²) in [7, 11) is 0. The predicted octanol–water partition coefficient (Wildman–Crippen LogP) is 4.70. The zero-order valence-corrected chi connectivity index (χ0v) is 20.4. The Morgan fingerprint density at radius 3 is 2.37 bits per heavy atom. The van der Waals surface area contributed by atoms with Crippen molar-refractivity contribution in [2.24, 2.45) is 0 Å². The largest absolute Gasteiger partial charge is 0.487 e. The Morgan fingerprint density at radius 2 is 1.76 bits per heavy atom. The molecule has 1 N–H and O–H groups in total. The fraction of sp³-hybridized carbons (Fsp3) is 0.304. The average Bonchev–Trinajstić information content (AvgIpc) is 3.52. The molecule has 0 saturated carbocycles. The molecule has 4 rings (SSSR count). The van der Waals surface area contributed by atoms with E-state index in [9.17, 15) is 31.4 Å². The number of halogens is 6. The van der Waals surface area contributed by atoms with Crippen molar-refractivity contribution in [3.05, 3.63) is 83.4 Å². The molecule has 4 aromatic rings. The number of ether oxygens (including phenoxy) is 1. The van der Waals surface area contributed by atoms with Gasteiger partial charge in [0.05, 0.1) is 12.6 Å². The van der Waals surface area contributed by atoms with Gasteiger partial charge in [0.2, 0.25) is 4.77 Å². The lowest BCUT2D eigenvalue weighted by molar-refractivity contribution is -0.148. The monoisotopic (exact) mass is 558 g/mol. The molecular weight excluding hydrogens is 538 g/mol. The van der Waals surface area contributed by atoms with Gasteiger partial charge in [-0.25, -0.2) is 31.9 Å². The highest BCUT2D eigenvalue weighted by Crippen LogP contribution is 2.37. The minimum absolute atomic E-state index is 0.0648. The summed E-state index contributed by atoms with van der Waals surface area (Å²) in [4.78, 5) is 3.82. The second kappa shape index (κ2) is 10.6. The van der Waals surface area contributed by atoms with E-state index in [1.165, 1.54) is 64.1 Å². The Kier molecular flexibility index (Phi) is 7.60. The molecule has 2 heterocycles. The third-order valence-corrected chi connectivity index (χ3v) is 6.27. The Bertz CT molecular complexity index is 1440. The molecule has 0 bridgehead atoms. The molecule has 8 nitrogen and oxygen atoms in total. The summed E-state index contributed by atoms with van der Waals surface area (Å²) in [6.07, 6.45) is 0.00237. The average molecular weight is 559 g/mol. The molecule has 0 aliphatic heterocycles. The van der Waals surface area contributed by atoms with E-state index in [1.807, 2.05) is 0 Å². The maximum absolute atomic E-state index is 14.8. The third-order valence-electron chi connectivity index (χ3n) is 5.88. The molecule has 0 spiro atoms. The SMILES string of the molecule is CC(n1ncn(-c2ccc(OCC(F)(F)C(F)F)cc2)c1=S)C(O)(Cn1cncn1)c1ccc(F)cc1F. The first-order chi connectivity index (χ1) is 17.9. The second-order valence-corrected chi connectivity index (χ2v) is 8.75. The van der Waals surface area contributed by atoms with Gasteiger partial charge in [0.1, 0.15) is 42.0 Å². The highest BCUT2D eigenvalue weighted by Gasteiger charge is 2.42. The number of alkyl halides is 4. The molecule has 0 radical (unpaired) electrons. The van der Waals surface area contributed by atoms with Gasteiger partial charge >= 0.3 is 12.3 Å². The van der Waals surface area contributed by atoms with Crippen LogP contribution in [0, 0.1) is 16.4 Å². The van der Waals surface area contributed by atoms with Gasteiger partial charge in [0.25, 0.3) is 0 Å². The number of aliphatic hydroxyl groups is 1. The van der Waals surface area contributed by atoms with E-state index in [0.717, 1.165) is 12.1 Å². The molecule has 15 heteroatoms. The Hall–Kier alpha value is -3.72. The van der Waals surface area contributed by atoms with Crippen molar-refractivity contribution in [1.82, 2.24) is 29.1 Å². The van der Waals surface area contributed by atoms with E-state index in [4.69, 9.17) is 17.0 Å². The summed E-state index contributed by atoms with van der Waals surface area (Å²) in [5.41, 5.74) is -1.83. The van der Waals surface area contributed by atoms with Crippen LogP contribution in [0.5, 0.6) is 5.75 Å². The molecule has 2 unspecified atom stereocenters. The number of benzene rings is 2. The second-order valence-electron chi connectivity index (χ2n) is 8.39. The Balaban J connectivity index is 1.64. The summed E-state index contributed by atoms with van der Waals surface area (Å²) in [6, 6.07) is 7.20. The number of hydrogen-bond acceptors (Lipinski definition) is 6. The van der Waals surface area contributed by atoms with Crippen molar-refractivity contribution in [3.8, 4) is 11.4 Å². The molecule has 2 aromatic carbocycles. The van der Waals surface area contributed by atoms with E-state index in [-0.39, 0.29) is 22.6 Å². The van der Waals surface area contributed by atoms with Crippen molar-refractivity contribution >= 4 is 12.2 Å². The van der Waals surface area contributed by atoms with Crippen molar-refractivity contribution in [2.45, 2.75) is 37.5 Å². The van der Waals surface area contributed by atoms with Gasteiger partial charge in [0, 0.05) is 17.3 Å². The maximum Gasteiger partial charge on any atom is 0.340 e. The number of aromatic nitrogens is 6. The first-order valence-electron chi connectivity index (χ1n) is 11.0. The summed E-state index contributed by atoms with van der Waals surface area (Å²) < 4.78 is 88.1. The maximum atomic E-state index is 14.8. The van der Waals surface area contributed by atoms with Crippen LogP contribution in [0.2, 0.25) is 0 Å². The smallest absolute Gasteiger partial charge is 0.340 e. The highest BCUT2D eigenvalue weighted by atomic mass is 32.1. The first-order valence-corrected chi connectivity index (χ1v) is 11.4. The topological polar surface area (TPSA) is 82.9 Å². The summed E-state index contributed by atoms with van der Waals surface area (Å²) in [6.45, 7) is -0.239. The minimum atomic E-state index is -4.30. The van der Waals surface area contributed by atoms with Crippen LogP contribution in [0.3, 0.4) is 0 Å². The van der Waals surface area contributed by atoms with Crippen LogP contribution in [-0.2, 0) is 12.1 Å². The Labute approximate surface area is 216 Å². The van der Waals surface area contributed by atoms with Crippen LogP contribution in [0.25, 0.3) is 5.69 Å². The van der Waals surface area contributed by atoms with Crippen molar-refractivity contribution < 1.29 is 36.2 Å². The molecule has 0 amide bonds. The van der Waals surface area contributed by atoms with E-state index in [2.05, 4.69) is 15.2 Å². The van der Waals surface area contributed by atoms with Gasteiger partial charge in [-0.3, -0.25) is 4.57 Å². The van der Waals surface area contributed by atoms with Gasteiger partial charge < -0.3 is 9.84 Å². The summed E-state index contributed by atoms with van der Waals surface area (Å²) in [5, 5.41) is 19.9. The molecule has 38 heavy (non-hydrogen) atoms. The van der Waals surface area contributed by atoms with E-state index < -0.39 is 42.2 Å². The van der Waals surface area contributed by atoms with Crippen LogP contribution in [0.4, 0.5) is 26.3 Å². The van der Waals surface area contributed by atoms with Gasteiger partial charge in [-0.2, -0.15) is 19.0 Å². The summed E-state index contributed by atoms with van der Waals surface area (Å²) in [5.74, 6) is -6.19. The fourth-order valence-electron chi connectivity index (χ4n) is 3.75. The molecule has 2 atom stereocenters.